The number of rotatable bonds is 10. The van der Waals surface area contributed by atoms with Gasteiger partial charge in [-0.1, -0.05) is 53.9 Å². The first-order chi connectivity index (χ1) is 15.9. The molecule has 7 nitrogen and oxygen atoms in total. The van der Waals surface area contributed by atoms with E-state index in [0.717, 1.165) is 17.0 Å². The zero-order valence-corrected chi connectivity index (χ0v) is 22.5. The van der Waals surface area contributed by atoms with Gasteiger partial charge < -0.3 is 10.2 Å². The number of nitrogens with one attached hydrogen (secondary N) is 1. The molecular formula is C23H28Cl3N3O4S. The highest BCUT2D eigenvalue weighted by atomic mass is 35.5. The van der Waals surface area contributed by atoms with Crippen LogP contribution in [0.4, 0.5) is 5.69 Å². The van der Waals surface area contributed by atoms with Gasteiger partial charge in [0.25, 0.3) is 0 Å². The average molecular weight is 549 g/mol. The van der Waals surface area contributed by atoms with Crippen molar-refractivity contribution in [1.82, 2.24) is 10.2 Å². The minimum Gasteiger partial charge on any atom is -0.354 e. The van der Waals surface area contributed by atoms with Crippen molar-refractivity contribution in [3.05, 3.63) is 62.6 Å². The number of sulfonamides is 1. The molecule has 11 heteroatoms. The Morgan fingerprint density at radius 3 is 2.32 bits per heavy atom. The van der Waals surface area contributed by atoms with Crippen LogP contribution in [-0.2, 0) is 26.2 Å². The first kappa shape index (κ1) is 28.2. The van der Waals surface area contributed by atoms with Gasteiger partial charge in [0.05, 0.1) is 22.0 Å². The van der Waals surface area contributed by atoms with Crippen LogP contribution in [0.2, 0.25) is 15.1 Å². The van der Waals surface area contributed by atoms with Crippen molar-refractivity contribution >= 4 is 62.3 Å². The molecular weight excluding hydrogens is 521 g/mol. The van der Waals surface area contributed by atoms with Crippen molar-refractivity contribution in [3.63, 3.8) is 0 Å². The molecule has 0 heterocycles. The van der Waals surface area contributed by atoms with E-state index in [4.69, 9.17) is 34.8 Å². The molecule has 0 spiro atoms. The molecule has 186 valence electrons. The summed E-state index contributed by atoms with van der Waals surface area (Å²) < 4.78 is 26.3. The summed E-state index contributed by atoms with van der Waals surface area (Å²) in [5, 5.41) is 3.82. The molecule has 0 saturated heterocycles. The summed E-state index contributed by atoms with van der Waals surface area (Å²) in [4.78, 5) is 27.5. The van der Waals surface area contributed by atoms with Crippen LogP contribution in [0.1, 0.15) is 31.4 Å². The van der Waals surface area contributed by atoms with E-state index in [1.165, 1.54) is 4.90 Å². The van der Waals surface area contributed by atoms with Crippen molar-refractivity contribution in [3.8, 4) is 0 Å². The van der Waals surface area contributed by atoms with Crippen LogP contribution >= 0.6 is 34.8 Å². The first-order valence-corrected chi connectivity index (χ1v) is 13.6. The fourth-order valence-electron chi connectivity index (χ4n) is 3.27. The molecule has 0 fully saturated rings. The molecule has 2 rings (SSSR count). The third-order valence-electron chi connectivity index (χ3n) is 5.24. The molecule has 2 amide bonds. The molecule has 34 heavy (non-hydrogen) atoms. The second-order valence-corrected chi connectivity index (χ2v) is 11.0. The van der Waals surface area contributed by atoms with Gasteiger partial charge >= 0.3 is 0 Å². The molecule has 0 bridgehead atoms. The number of carbonyl (C=O) groups is 2. The van der Waals surface area contributed by atoms with Gasteiger partial charge in [0.15, 0.2) is 0 Å². The normalized spacial score (nSPS) is 12.2. The molecule has 0 aromatic heterocycles. The zero-order valence-electron chi connectivity index (χ0n) is 19.4. The number of carbonyl (C=O) groups excluding carboxylic acids is 2. The summed E-state index contributed by atoms with van der Waals surface area (Å²) >= 11 is 18.3. The summed E-state index contributed by atoms with van der Waals surface area (Å²) in [5.41, 5.74) is 1.45. The number of hydrogen-bond acceptors (Lipinski definition) is 4. The van der Waals surface area contributed by atoms with Gasteiger partial charge in [0.2, 0.25) is 21.8 Å². The Hall–Kier alpha value is -2.00. The summed E-state index contributed by atoms with van der Waals surface area (Å²) in [5.74, 6) is -0.907. The van der Waals surface area contributed by atoms with Crippen molar-refractivity contribution in [2.45, 2.75) is 39.8 Å². The molecule has 2 aromatic rings. The van der Waals surface area contributed by atoms with Gasteiger partial charge in [-0.3, -0.25) is 13.9 Å². The van der Waals surface area contributed by atoms with Gasteiger partial charge in [-0.25, -0.2) is 8.42 Å². The Morgan fingerprint density at radius 1 is 1.06 bits per heavy atom. The van der Waals surface area contributed by atoms with Crippen LogP contribution < -0.4 is 9.62 Å². The maximum Gasteiger partial charge on any atom is 0.244 e. The summed E-state index contributed by atoms with van der Waals surface area (Å²) in [6.07, 6.45) is 1.75. The molecule has 2 aromatic carbocycles. The lowest BCUT2D eigenvalue weighted by molar-refractivity contribution is -0.139. The Labute approximate surface area is 216 Å². The van der Waals surface area contributed by atoms with Gasteiger partial charge in [0.1, 0.15) is 12.6 Å². The fourth-order valence-corrected chi connectivity index (χ4v) is 4.66. The highest BCUT2D eigenvalue weighted by molar-refractivity contribution is 7.92. The van der Waals surface area contributed by atoms with E-state index in [2.05, 4.69) is 5.32 Å². The topological polar surface area (TPSA) is 86.8 Å². The molecule has 0 aliphatic carbocycles. The predicted molar refractivity (Wildman–Crippen MR) is 138 cm³/mol. The van der Waals surface area contributed by atoms with E-state index in [1.54, 1.807) is 50.2 Å². The van der Waals surface area contributed by atoms with Crippen molar-refractivity contribution in [2.75, 3.05) is 23.7 Å². The van der Waals surface area contributed by atoms with Crippen LogP contribution in [0.3, 0.4) is 0 Å². The summed E-state index contributed by atoms with van der Waals surface area (Å²) in [7, 11) is -3.84. The smallest absolute Gasteiger partial charge is 0.244 e. The lowest BCUT2D eigenvalue weighted by Crippen LogP contribution is -2.51. The van der Waals surface area contributed by atoms with E-state index < -0.39 is 28.5 Å². The molecule has 0 radical (unpaired) electrons. The maximum atomic E-state index is 13.5. The first-order valence-electron chi connectivity index (χ1n) is 10.6. The predicted octanol–water partition coefficient (Wildman–Crippen LogP) is 4.66. The van der Waals surface area contributed by atoms with E-state index in [9.17, 15) is 18.0 Å². The van der Waals surface area contributed by atoms with Gasteiger partial charge in [-0.2, -0.15) is 0 Å². The number of nitrogens with zero attached hydrogens (tertiary/aromatic N) is 2. The maximum absolute atomic E-state index is 13.5. The Morgan fingerprint density at radius 2 is 1.74 bits per heavy atom. The van der Waals surface area contributed by atoms with Gasteiger partial charge in [-0.15, -0.1) is 0 Å². The van der Waals surface area contributed by atoms with E-state index in [1.807, 2.05) is 6.92 Å². The number of amides is 2. The summed E-state index contributed by atoms with van der Waals surface area (Å²) in [6.45, 7) is 5.16. The summed E-state index contributed by atoms with van der Waals surface area (Å²) in [6, 6.07) is 8.87. The number of anilines is 1. The Kier molecular flexibility index (Phi) is 10.1. The monoisotopic (exact) mass is 547 g/mol. The van der Waals surface area contributed by atoms with E-state index in [-0.39, 0.29) is 12.5 Å². The second kappa shape index (κ2) is 12.1. The fraction of sp³-hybridized carbons (Fsp3) is 0.391. The lowest BCUT2D eigenvalue weighted by Gasteiger charge is -2.32. The molecule has 0 aliphatic heterocycles. The van der Waals surface area contributed by atoms with Crippen LogP contribution in [0, 0.1) is 6.92 Å². The molecule has 0 unspecified atom stereocenters. The molecule has 0 aliphatic rings. The van der Waals surface area contributed by atoms with Crippen molar-refractivity contribution < 1.29 is 18.0 Å². The minimum absolute atomic E-state index is 0.0303. The number of hydrogen-bond donors (Lipinski definition) is 1. The third kappa shape index (κ3) is 7.25. The second-order valence-electron chi connectivity index (χ2n) is 7.89. The molecule has 0 saturated carbocycles. The number of benzene rings is 2. The van der Waals surface area contributed by atoms with Gasteiger partial charge in [0, 0.05) is 18.1 Å². The Bertz CT molecular complexity index is 1160. The van der Waals surface area contributed by atoms with E-state index >= 15 is 0 Å². The number of halogens is 3. The largest absolute Gasteiger partial charge is 0.354 e. The molecule has 1 atom stereocenters. The zero-order chi connectivity index (χ0) is 25.6. The Balaban J connectivity index is 2.44. The third-order valence-corrected chi connectivity index (χ3v) is 7.52. The van der Waals surface area contributed by atoms with Crippen molar-refractivity contribution in [1.29, 1.82) is 0 Å². The standard InChI is InChI=1S/C23H28Cl3N3O4S/c1-5-11-27-23(31)16(3)28(13-17-9-10-19(25)20(26)12-17)22(30)14-29(34(4,32)33)21-8-6-7-18(24)15(21)2/h6-10,12,16H,5,11,13-14H2,1-4H3,(H,27,31)/t16-/m0/s1. The van der Waals surface area contributed by atoms with E-state index in [0.29, 0.717) is 38.4 Å². The lowest BCUT2D eigenvalue weighted by atomic mass is 10.1. The molecule has 1 N–H and O–H groups in total. The van der Waals surface area contributed by atoms with Crippen LogP contribution in [-0.4, -0.2) is 50.5 Å². The van der Waals surface area contributed by atoms with Gasteiger partial charge in [-0.05, 0) is 55.7 Å². The highest BCUT2D eigenvalue weighted by Gasteiger charge is 2.30. The average Bonchev–Trinajstić information content (AvgIpc) is 2.77. The van der Waals surface area contributed by atoms with Crippen LogP contribution in [0.5, 0.6) is 0 Å². The quantitative estimate of drug-likeness (QED) is 0.468. The minimum atomic E-state index is -3.84. The van der Waals surface area contributed by atoms with Crippen LogP contribution in [0.15, 0.2) is 36.4 Å². The SMILES string of the molecule is CCCNC(=O)[C@H](C)N(Cc1ccc(Cl)c(Cl)c1)C(=O)CN(c1cccc(Cl)c1C)S(C)(=O)=O. The van der Waals surface area contributed by atoms with Crippen molar-refractivity contribution in [2.24, 2.45) is 0 Å². The van der Waals surface area contributed by atoms with Crippen LogP contribution in [0.25, 0.3) is 0 Å². The highest BCUT2D eigenvalue weighted by Crippen LogP contribution is 2.29.